The molecule has 0 aromatic carbocycles. The number of nitrogens with two attached hydrogens (primary N) is 1. The van der Waals surface area contributed by atoms with Crippen LogP contribution in [0.4, 0.5) is 10.2 Å². The maximum atomic E-state index is 13.7. The Morgan fingerprint density at radius 1 is 1.31 bits per heavy atom. The fourth-order valence-electron chi connectivity index (χ4n) is 2.62. The summed E-state index contributed by atoms with van der Waals surface area (Å²) in [6, 6.07) is 0. The highest BCUT2D eigenvalue weighted by Gasteiger charge is 2.59. The quantitative estimate of drug-likeness (QED) is 0.162. The summed E-state index contributed by atoms with van der Waals surface area (Å²) in [5, 5.41) is 14.0. The number of hydrogen-bond acceptors (Lipinski definition) is 12. The Bertz CT molecular complexity index is 1060. The fraction of sp³-hybridized carbons (Fsp3) is 0.700. The van der Waals surface area contributed by atoms with E-state index < -0.39 is 65.2 Å². The van der Waals surface area contributed by atoms with Gasteiger partial charge in [-0.15, -0.1) is 11.6 Å². The summed E-state index contributed by atoms with van der Waals surface area (Å²) in [5.41, 5.74) is 4.17. The predicted octanol–water partition coefficient (Wildman–Crippen LogP) is -0.842. The molecule has 0 aliphatic carbocycles. The van der Waals surface area contributed by atoms with Crippen molar-refractivity contribution < 1.29 is 60.6 Å². The number of anilines is 1. The van der Waals surface area contributed by atoms with Gasteiger partial charge in [0.2, 0.25) is 0 Å². The molecule has 32 heavy (non-hydrogen) atoms. The SMILES string of the molecule is C[C@@H](OP(=O)(O)OP(=O)(O)OP(=O)(O)O)[C@H]1O[C@@H](n2ncc(N)nc2=O)[C@@](Cl)(CF)C1O. The molecular formula is C10H17ClFN4O13P3. The number of aromatic nitrogens is 3. The molecule has 0 amide bonds. The Hall–Kier alpha value is -0.840. The molecule has 2 heterocycles. The van der Waals surface area contributed by atoms with Crippen LogP contribution < -0.4 is 11.4 Å². The van der Waals surface area contributed by atoms with Gasteiger partial charge in [-0.3, -0.25) is 4.52 Å². The molecule has 7 N–H and O–H groups in total. The lowest BCUT2D eigenvalue weighted by atomic mass is 9.98. The van der Waals surface area contributed by atoms with E-state index in [0.29, 0.717) is 4.68 Å². The summed E-state index contributed by atoms with van der Waals surface area (Å²) >= 11 is 6.09. The van der Waals surface area contributed by atoms with Crippen LogP contribution in [0, 0.1) is 0 Å². The van der Waals surface area contributed by atoms with Gasteiger partial charge in [-0.05, 0) is 6.92 Å². The van der Waals surface area contributed by atoms with Gasteiger partial charge < -0.3 is 35.2 Å². The molecule has 2 rings (SSSR count). The highest BCUT2D eigenvalue weighted by Crippen LogP contribution is 2.66. The molecule has 1 aromatic rings. The van der Waals surface area contributed by atoms with Crippen molar-refractivity contribution in [3.8, 4) is 0 Å². The third-order valence-electron chi connectivity index (χ3n) is 3.84. The smallest absolute Gasteiger partial charge is 0.388 e. The van der Waals surface area contributed by atoms with Gasteiger partial charge in [0.05, 0.1) is 12.3 Å². The summed E-state index contributed by atoms with van der Waals surface area (Å²) < 4.78 is 65.2. The zero-order chi connectivity index (χ0) is 24.7. The average Bonchev–Trinajstić information content (AvgIpc) is 2.84. The average molecular weight is 549 g/mol. The summed E-state index contributed by atoms with van der Waals surface area (Å²) in [4.78, 5) is 48.8. The predicted molar refractivity (Wildman–Crippen MR) is 99.6 cm³/mol. The second kappa shape index (κ2) is 9.43. The lowest BCUT2D eigenvalue weighted by Gasteiger charge is -2.27. The second-order valence-electron chi connectivity index (χ2n) is 6.27. The van der Waals surface area contributed by atoms with E-state index in [1.54, 1.807) is 0 Å². The molecule has 7 atom stereocenters. The third-order valence-corrected chi connectivity index (χ3v) is 8.28. The largest absolute Gasteiger partial charge is 0.490 e. The normalized spacial score (nSPS) is 31.1. The van der Waals surface area contributed by atoms with Crippen molar-refractivity contribution in [1.82, 2.24) is 14.8 Å². The van der Waals surface area contributed by atoms with Crippen LogP contribution in [0.25, 0.3) is 0 Å². The number of halogens is 2. The summed E-state index contributed by atoms with van der Waals surface area (Å²) in [5.74, 6) is -0.289. The molecule has 1 saturated heterocycles. The molecule has 1 aromatic heterocycles. The molecule has 1 aliphatic heterocycles. The molecule has 0 bridgehead atoms. The first-order valence-corrected chi connectivity index (χ1v) is 12.9. The molecule has 0 radical (unpaired) electrons. The Labute approximate surface area is 182 Å². The molecule has 1 aliphatic rings. The topological polar surface area (TPSA) is 263 Å². The molecular weight excluding hydrogens is 531 g/mol. The summed E-state index contributed by atoms with van der Waals surface area (Å²) in [6.07, 6.45) is -6.46. The van der Waals surface area contributed by atoms with Crippen LogP contribution in [-0.2, 0) is 31.6 Å². The van der Waals surface area contributed by atoms with Gasteiger partial charge in [0.1, 0.15) is 29.6 Å². The number of nitrogen functional groups attached to an aromatic ring is 1. The Kier molecular flexibility index (Phi) is 8.07. The maximum Gasteiger partial charge on any atom is 0.490 e. The van der Waals surface area contributed by atoms with Crippen LogP contribution in [0.2, 0.25) is 0 Å². The van der Waals surface area contributed by atoms with E-state index >= 15 is 0 Å². The van der Waals surface area contributed by atoms with Gasteiger partial charge in [-0.25, -0.2) is 22.9 Å². The van der Waals surface area contributed by atoms with Gasteiger partial charge >= 0.3 is 29.2 Å². The lowest BCUT2D eigenvalue weighted by Crippen LogP contribution is -2.47. The Morgan fingerprint density at radius 2 is 1.91 bits per heavy atom. The molecule has 17 nitrogen and oxygen atoms in total. The van der Waals surface area contributed by atoms with Gasteiger partial charge in [0.25, 0.3) is 0 Å². The van der Waals surface area contributed by atoms with Crippen molar-refractivity contribution in [2.45, 2.75) is 36.3 Å². The second-order valence-corrected chi connectivity index (χ2v) is 11.3. The number of hydrogen-bond donors (Lipinski definition) is 6. The number of phosphoric acid groups is 3. The monoisotopic (exact) mass is 548 g/mol. The van der Waals surface area contributed by atoms with E-state index in [1.165, 1.54) is 0 Å². The molecule has 3 unspecified atom stereocenters. The number of aliphatic hydroxyl groups is 1. The maximum absolute atomic E-state index is 13.7. The first kappa shape index (κ1) is 27.4. The van der Waals surface area contributed by atoms with Crippen molar-refractivity contribution in [3.05, 3.63) is 16.7 Å². The van der Waals surface area contributed by atoms with E-state index in [0.717, 1.165) is 13.1 Å². The Morgan fingerprint density at radius 3 is 2.41 bits per heavy atom. The van der Waals surface area contributed by atoms with Crippen molar-refractivity contribution in [2.24, 2.45) is 0 Å². The van der Waals surface area contributed by atoms with Crippen molar-refractivity contribution in [1.29, 1.82) is 0 Å². The highest BCUT2D eigenvalue weighted by molar-refractivity contribution is 7.66. The first-order chi connectivity index (χ1) is 14.4. The van der Waals surface area contributed by atoms with Crippen molar-refractivity contribution in [3.63, 3.8) is 0 Å². The molecule has 0 spiro atoms. The van der Waals surface area contributed by atoms with Gasteiger partial charge in [-0.1, -0.05) is 0 Å². The number of rotatable bonds is 9. The van der Waals surface area contributed by atoms with Gasteiger partial charge in [0, 0.05) is 0 Å². The van der Waals surface area contributed by atoms with Crippen LogP contribution in [0.1, 0.15) is 13.2 Å². The molecule has 0 saturated carbocycles. The van der Waals surface area contributed by atoms with E-state index in [-0.39, 0.29) is 5.82 Å². The van der Waals surface area contributed by atoms with E-state index in [9.17, 15) is 37.8 Å². The minimum atomic E-state index is -5.81. The third kappa shape index (κ3) is 6.39. The first-order valence-electron chi connectivity index (χ1n) is 8.03. The number of aliphatic hydroxyl groups excluding tert-OH is 1. The van der Waals surface area contributed by atoms with Crippen molar-refractivity contribution in [2.75, 3.05) is 12.4 Å². The molecule has 184 valence electrons. The minimum Gasteiger partial charge on any atom is -0.388 e. The lowest BCUT2D eigenvalue weighted by molar-refractivity contribution is -0.0792. The summed E-state index contributed by atoms with van der Waals surface area (Å²) in [7, 11) is -17.0. The standard InChI is InChI=1S/C10H17ClFN4O13P3/c1-4(27-31(22,23)29-32(24,25)28-30(19,20)21)6-7(17)10(11,3-12)8(26-6)16-9(18)15-5(13)2-14-16/h2,4,6-8,17H,3H2,1H3,(H,22,23)(H,24,25)(H2,13,15,18)(H2,19,20,21)/t4-,6-,7?,8-,10-/m1/s1. The zero-order valence-electron chi connectivity index (χ0n) is 15.6. The fourth-order valence-corrected chi connectivity index (χ4v) is 6.09. The summed E-state index contributed by atoms with van der Waals surface area (Å²) in [6.45, 7) is -0.543. The molecule has 22 heteroatoms. The van der Waals surface area contributed by atoms with E-state index in [1.807, 2.05) is 0 Å². The van der Waals surface area contributed by atoms with Crippen LogP contribution in [0.15, 0.2) is 11.0 Å². The highest BCUT2D eigenvalue weighted by atomic mass is 35.5. The van der Waals surface area contributed by atoms with Gasteiger partial charge in [0.15, 0.2) is 6.23 Å². The van der Waals surface area contributed by atoms with Crippen LogP contribution in [0.3, 0.4) is 0 Å². The van der Waals surface area contributed by atoms with E-state index in [4.69, 9.17) is 31.9 Å². The van der Waals surface area contributed by atoms with Crippen molar-refractivity contribution >= 4 is 40.9 Å². The van der Waals surface area contributed by atoms with E-state index in [2.05, 4.69) is 23.2 Å². The van der Waals surface area contributed by atoms with Crippen LogP contribution >= 0.6 is 35.1 Å². The molecule has 1 fully saturated rings. The number of ether oxygens (including phenoxy) is 1. The Balaban J connectivity index is 2.25. The number of alkyl halides is 2. The number of nitrogens with zero attached hydrogens (tertiary/aromatic N) is 3. The number of phosphoric ester groups is 1. The minimum absolute atomic E-state index is 0.289. The zero-order valence-corrected chi connectivity index (χ0v) is 19.1. The van der Waals surface area contributed by atoms with Gasteiger partial charge in [-0.2, -0.15) is 23.4 Å². The van der Waals surface area contributed by atoms with Crippen LogP contribution in [-0.4, -0.2) is 69.3 Å². The van der Waals surface area contributed by atoms with Crippen LogP contribution in [0.5, 0.6) is 0 Å².